The van der Waals surface area contributed by atoms with E-state index in [0.717, 1.165) is 43.1 Å². The van der Waals surface area contributed by atoms with Crippen molar-refractivity contribution in [1.29, 1.82) is 0 Å². The summed E-state index contributed by atoms with van der Waals surface area (Å²) >= 11 is 0. The minimum atomic E-state index is -1.00. The molecule has 33 heavy (non-hydrogen) atoms. The smallest absolute Gasteiger partial charge is 0.335 e. The van der Waals surface area contributed by atoms with Crippen molar-refractivity contribution in [3.8, 4) is 5.69 Å². The number of aliphatic hydroxyl groups is 1. The Morgan fingerprint density at radius 3 is 2.52 bits per heavy atom. The van der Waals surface area contributed by atoms with E-state index < -0.39 is 5.97 Å². The number of carboxylic acids is 1. The van der Waals surface area contributed by atoms with Gasteiger partial charge in [0.2, 0.25) is 0 Å². The number of benzene rings is 2. The number of aromatic nitrogens is 2. The number of anilines is 1. The van der Waals surface area contributed by atoms with E-state index in [2.05, 4.69) is 26.9 Å². The van der Waals surface area contributed by atoms with Crippen molar-refractivity contribution in [3.05, 3.63) is 53.9 Å². The molecular weight excluding hydrogens is 424 g/mol. The van der Waals surface area contributed by atoms with Crippen LogP contribution < -0.4 is 4.90 Å². The topological polar surface area (TPSA) is 108 Å². The van der Waals surface area contributed by atoms with Crippen LogP contribution in [-0.4, -0.2) is 82.5 Å². The fourth-order valence-electron chi connectivity index (χ4n) is 4.20. The first-order chi connectivity index (χ1) is 16.0. The molecule has 2 N–H and O–H groups in total. The van der Waals surface area contributed by atoms with Gasteiger partial charge in [0.15, 0.2) is 0 Å². The molecule has 1 fully saturated rings. The Labute approximate surface area is 191 Å². The Balaban J connectivity index is 1.58. The van der Waals surface area contributed by atoms with Crippen LogP contribution in [-0.2, 0) is 16.0 Å². The number of fused-ring (bicyclic) bond motifs is 1. The number of rotatable bonds is 8. The number of piperazine rings is 1. The van der Waals surface area contributed by atoms with E-state index in [9.17, 15) is 19.8 Å². The summed E-state index contributed by atoms with van der Waals surface area (Å²) in [6.07, 6.45) is 0.355. The van der Waals surface area contributed by atoms with Crippen LogP contribution in [0, 0.1) is 0 Å². The molecule has 0 spiro atoms. The molecule has 1 saturated heterocycles. The third-order valence-electron chi connectivity index (χ3n) is 5.79. The molecule has 1 aromatic heterocycles. The summed E-state index contributed by atoms with van der Waals surface area (Å²) in [6.45, 7) is 5.57. The summed E-state index contributed by atoms with van der Waals surface area (Å²) in [4.78, 5) is 32.1. The molecule has 2 heterocycles. The van der Waals surface area contributed by atoms with Crippen molar-refractivity contribution in [2.24, 2.45) is 0 Å². The van der Waals surface area contributed by atoms with Crippen molar-refractivity contribution < 1.29 is 24.5 Å². The number of carbonyl (C=O) groups is 2. The minimum Gasteiger partial charge on any atom is -0.478 e. The third-order valence-corrected chi connectivity index (χ3v) is 5.79. The molecule has 0 radical (unpaired) electrons. The Hall–Kier alpha value is -3.43. The number of aromatic carboxylic acids is 1. The van der Waals surface area contributed by atoms with Gasteiger partial charge in [0.25, 0.3) is 0 Å². The number of carboxylic acid groups (broad SMARTS) is 1. The number of imidazole rings is 1. The molecule has 4 rings (SSSR count). The predicted molar refractivity (Wildman–Crippen MR) is 124 cm³/mol. The first-order valence-electron chi connectivity index (χ1n) is 11.1. The predicted octanol–water partition coefficient (Wildman–Crippen LogP) is 1.94. The Bertz CT molecular complexity index is 1150. The van der Waals surface area contributed by atoms with Gasteiger partial charge in [-0.15, -0.1) is 0 Å². The van der Waals surface area contributed by atoms with E-state index in [4.69, 9.17) is 4.74 Å². The molecule has 3 aromatic rings. The lowest BCUT2D eigenvalue weighted by molar-refractivity contribution is -0.144. The normalized spacial score (nSPS) is 14.5. The van der Waals surface area contributed by atoms with E-state index in [1.807, 2.05) is 23.6 Å². The average molecular weight is 453 g/mol. The zero-order chi connectivity index (χ0) is 23.4. The molecule has 0 saturated carbocycles. The summed E-state index contributed by atoms with van der Waals surface area (Å²) in [6, 6.07) is 13.0. The first kappa shape index (κ1) is 22.8. The van der Waals surface area contributed by atoms with Gasteiger partial charge in [-0.1, -0.05) is 6.07 Å². The maximum absolute atomic E-state index is 11.8. The van der Waals surface area contributed by atoms with Crippen LogP contribution in [0.4, 0.5) is 5.69 Å². The number of ether oxygens (including phenoxy) is 1. The summed E-state index contributed by atoms with van der Waals surface area (Å²) in [5, 5.41) is 18.9. The van der Waals surface area contributed by atoms with Gasteiger partial charge < -0.3 is 19.8 Å². The highest BCUT2D eigenvalue weighted by atomic mass is 16.5. The highest BCUT2D eigenvalue weighted by Gasteiger charge is 2.21. The average Bonchev–Trinajstić information content (AvgIpc) is 3.17. The van der Waals surface area contributed by atoms with E-state index in [1.165, 1.54) is 0 Å². The molecule has 0 atom stereocenters. The molecule has 2 aromatic carbocycles. The lowest BCUT2D eigenvalue weighted by atomic mass is 10.2. The van der Waals surface area contributed by atoms with Gasteiger partial charge in [-0.2, -0.15) is 0 Å². The van der Waals surface area contributed by atoms with Crippen molar-refractivity contribution in [2.45, 2.75) is 13.3 Å². The number of carbonyl (C=O) groups excluding carboxylic acids is 1. The highest BCUT2D eigenvalue weighted by molar-refractivity contribution is 5.93. The first-order valence-corrected chi connectivity index (χ1v) is 11.1. The van der Waals surface area contributed by atoms with Crippen LogP contribution in [0.3, 0.4) is 0 Å². The number of nitrogens with zero attached hydrogens (tertiary/aromatic N) is 4. The standard InChI is InChI=1S/C24H28N4O5/c1-2-33-23(30)16-26-9-11-27(12-10-26)18-4-3-5-19(15-18)28-21-7-6-17(24(31)32)14-20(21)25-22(28)8-13-29/h3-7,14-15,29H,2,8-13,16H2,1H3,(H,31,32). The number of aliphatic hydroxyl groups excluding tert-OH is 1. The summed E-state index contributed by atoms with van der Waals surface area (Å²) in [5.41, 5.74) is 3.51. The van der Waals surface area contributed by atoms with E-state index in [1.54, 1.807) is 18.2 Å². The lowest BCUT2D eigenvalue weighted by Gasteiger charge is -2.35. The number of hydrogen-bond donors (Lipinski definition) is 2. The molecule has 174 valence electrons. The molecule has 0 unspecified atom stereocenters. The Morgan fingerprint density at radius 2 is 1.82 bits per heavy atom. The van der Waals surface area contributed by atoms with Crippen LogP contribution in [0.1, 0.15) is 23.1 Å². The fourth-order valence-corrected chi connectivity index (χ4v) is 4.20. The van der Waals surface area contributed by atoms with Crippen LogP contribution >= 0.6 is 0 Å². The second kappa shape index (κ2) is 10.0. The molecule has 9 nitrogen and oxygen atoms in total. The van der Waals surface area contributed by atoms with Gasteiger partial charge in [0, 0.05) is 44.0 Å². The molecule has 0 aliphatic carbocycles. The van der Waals surface area contributed by atoms with Crippen molar-refractivity contribution >= 4 is 28.7 Å². The second-order valence-corrected chi connectivity index (χ2v) is 7.93. The van der Waals surface area contributed by atoms with Gasteiger partial charge in [0.05, 0.1) is 36.4 Å². The Morgan fingerprint density at radius 1 is 1.06 bits per heavy atom. The van der Waals surface area contributed by atoms with Crippen LogP contribution in [0.5, 0.6) is 0 Å². The van der Waals surface area contributed by atoms with Crippen LogP contribution in [0.2, 0.25) is 0 Å². The van der Waals surface area contributed by atoms with Crippen LogP contribution in [0.25, 0.3) is 16.7 Å². The van der Waals surface area contributed by atoms with E-state index >= 15 is 0 Å². The van der Waals surface area contributed by atoms with Crippen LogP contribution in [0.15, 0.2) is 42.5 Å². The van der Waals surface area contributed by atoms with Crippen molar-refractivity contribution in [2.75, 3.05) is 50.8 Å². The largest absolute Gasteiger partial charge is 0.478 e. The SMILES string of the molecule is CCOC(=O)CN1CCN(c2cccc(-n3c(CCO)nc4cc(C(=O)O)ccc43)c2)CC1. The van der Waals surface area contributed by atoms with Gasteiger partial charge in [0.1, 0.15) is 5.82 Å². The zero-order valence-electron chi connectivity index (χ0n) is 18.6. The van der Waals surface area contributed by atoms with E-state index in [0.29, 0.717) is 30.9 Å². The molecule has 0 amide bonds. The Kier molecular flexibility index (Phi) is 6.90. The third kappa shape index (κ3) is 4.99. The summed E-state index contributed by atoms with van der Waals surface area (Å²) in [5.74, 6) is -0.520. The van der Waals surface area contributed by atoms with Gasteiger partial charge in [-0.25, -0.2) is 9.78 Å². The molecule has 9 heteroatoms. The second-order valence-electron chi connectivity index (χ2n) is 7.93. The maximum atomic E-state index is 11.8. The molecular formula is C24H28N4O5. The fraction of sp³-hybridized carbons (Fsp3) is 0.375. The highest BCUT2D eigenvalue weighted by Crippen LogP contribution is 2.26. The summed E-state index contributed by atoms with van der Waals surface area (Å²) in [7, 11) is 0. The van der Waals surface area contributed by atoms with E-state index in [-0.39, 0.29) is 18.1 Å². The van der Waals surface area contributed by atoms with Gasteiger partial charge >= 0.3 is 11.9 Å². The minimum absolute atomic E-state index is 0.0583. The zero-order valence-corrected chi connectivity index (χ0v) is 18.6. The molecule has 1 aliphatic heterocycles. The number of hydrogen-bond acceptors (Lipinski definition) is 7. The number of esters is 1. The molecule has 1 aliphatic rings. The maximum Gasteiger partial charge on any atom is 0.335 e. The van der Waals surface area contributed by atoms with Gasteiger partial charge in [-0.3, -0.25) is 14.3 Å². The lowest BCUT2D eigenvalue weighted by Crippen LogP contribution is -2.48. The van der Waals surface area contributed by atoms with Crippen molar-refractivity contribution in [3.63, 3.8) is 0 Å². The monoisotopic (exact) mass is 452 g/mol. The summed E-state index contributed by atoms with van der Waals surface area (Å²) < 4.78 is 7.02. The van der Waals surface area contributed by atoms with Crippen molar-refractivity contribution in [1.82, 2.24) is 14.5 Å². The molecule has 0 bridgehead atoms. The van der Waals surface area contributed by atoms with Gasteiger partial charge in [-0.05, 0) is 43.3 Å². The quantitative estimate of drug-likeness (QED) is 0.500.